The van der Waals surface area contributed by atoms with Gasteiger partial charge in [-0.15, -0.1) is 0 Å². The van der Waals surface area contributed by atoms with Gasteiger partial charge in [0.25, 0.3) is 0 Å². The summed E-state index contributed by atoms with van der Waals surface area (Å²) in [5.41, 5.74) is 0. The summed E-state index contributed by atoms with van der Waals surface area (Å²) < 4.78 is 5.65. The predicted octanol–water partition coefficient (Wildman–Crippen LogP) is -1.86. The van der Waals surface area contributed by atoms with E-state index in [2.05, 4.69) is 0 Å². The molecule has 1 saturated heterocycles. The van der Waals surface area contributed by atoms with Crippen LogP contribution in [0.15, 0.2) is 0 Å². The molecule has 0 aromatic heterocycles. The Bertz CT molecular complexity index is 132. The maximum atomic E-state index is 8.90. The van der Waals surface area contributed by atoms with Gasteiger partial charge in [-0.05, 0) is 0 Å². The summed E-state index contributed by atoms with van der Waals surface area (Å²) in [5.74, 6) is 0. The quantitative estimate of drug-likeness (QED) is 0.326. The Kier molecular flexibility index (Phi) is 4.08. The van der Waals surface area contributed by atoms with Crippen molar-refractivity contribution in [1.29, 1.82) is 0 Å². The molecule has 0 spiro atoms. The Morgan fingerprint density at radius 2 is 1.38 bits per heavy atom. The van der Waals surface area contributed by atoms with E-state index >= 15 is 0 Å². The molecule has 5 heteroatoms. The maximum absolute atomic E-state index is 8.90. The van der Waals surface area contributed by atoms with Crippen molar-refractivity contribution in [3.8, 4) is 0 Å². The SMILES string of the molecule is OCC[N+](CCO)(CCO)C1CO1. The minimum absolute atomic E-state index is 0.0554. The number of ether oxygens (including phenoxy) is 1. The van der Waals surface area contributed by atoms with Crippen LogP contribution in [0.25, 0.3) is 0 Å². The Hall–Kier alpha value is -0.200. The Balaban J connectivity index is 2.54. The molecule has 1 rings (SSSR count). The second-order valence-corrected chi connectivity index (χ2v) is 3.35. The van der Waals surface area contributed by atoms with E-state index in [9.17, 15) is 0 Å². The van der Waals surface area contributed by atoms with Gasteiger partial charge >= 0.3 is 0 Å². The first-order valence-electron chi connectivity index (χ1n) is 4.59. The number of quaternary nitrogens is 1. The van der Waals surface area contributed by atoms with Gasteiger partial charge in [0.15, 0.2) is 0 Å². The first-order valence-corrected chi connectivity index (χ1v) is 4.59. The van der Waals surface area contributed by atoms with Crippen LogP contribution in [-0.2, 0) is 4.74 Å². The molecule has 0 bridgehead atoms. The summed E-state index contributed by atoms with van der Waals surface area (Å²) in [5, 5.41) is 26.7. The highest BCUT2D eigenvalue weighted by atomic mass is 16.6. The van der Waals surface area contributed by atoms with E-state index in [0.29, 0.717) is 30.7 Å². The van der Waals surface area contributed by atoms with Crippen molar-refractivity contribution in [2.24, 2.45) is 0 Å². The molecule has 0 aromatic carbocycles. The van der Waals surface area contributed by atoms with E-state index in [1.807, 2.05) is 0 Å². The highest BCUT2D eigenvalue weighted by Gasteiger charge is 2.45. The van der Waals surface area contributed by atoms with Gasteiger partial charge in [-0.1, -0.05) is 0 Å². The molecule has 0 saturated carbocycles. The molecule has 1 heterocycles. The van der Waals surface area contributed by atoms with Crippen molar-refractivity contribution in [1.82, 2.24) is 0 Å². The van der Waals surface area contributed by atoms with Crippen LogP contribution in [0.4, 0.5) is 0 Å². The lowest BCUT2D eigenvalue weighted by Crippen LogP contribution is -2.55. The van der Waals surface area contributed by atoms with Crippen LogP contribution in [0, 0.1) is 0 Å². The fourth-order valence-electron chi connectivity index (χ4n) is 1.72. The zero-order chi connectivity index (χ0) is 9.73. The molecule has 1 aliphatic heterocycles. The summed E-state index contributed by atoms with van der Waals surface area (Å²) in [7, 11) is 0. The molecule has 1 fully saturated rings. The Labute approximate surface area is 77.8 Å². The van der Waals surface area contributed by atoms with Crippen LogP contribution in [-0.4, -0.2) is 72.1 Å². The maximum Gasteiger partial charge on any atom is 0.217 e. The van der Waals surface area contributed by atoms with Gasteiger partial charge in [-0.2, -0.15) is 0 Å². The van der Waals surface area contributed by atoms with Gasteiger partial charge in [0.1, 0.15) is 26.2 Å². The van der Waals surface area contributed by atoms with Gasteiger partial charge < -0.3 is 20.1 Å². The molecular formula is C8H18NO4+. The Morgan fingerprint density at radius 3 is 1.62 bits per heavy atom. The van der Waals surface area contributed by atoms with Crippen molar-refractivity contribution < 1.29 is 24.5 Å². The summed E-state index contributed by atoms with van der Waals surface area (Å²) in [4.78, 5) is 0. The lowest BCUT2D eigenvalue weighted by Gasteiger charge is -2.35. The third kappa shape index (κ3) is 2.62. The molecule has 13 heavy (non-hydrogen) atoms. The number of rotatable bonds is 7. The van der Waals surface area contributed by atoms with Crippen LogP contribution >= 0.6 is 0 Å². The largest absolute Gasteiger partial charge is 0.391 e. The number of aliphatic hydroxyl groups is 3. The summed E-state index contributed by atoms with van der Waals surface area (Å²) in [6, 6.07) is 0. The number of hydrogen-bond donors (Lipinski definition) is 3. The van der Waals surface area contributed by atoms with Gasteiger partial charge in [-0.25, -0.2) is 0 Å². The Morgan fingerprint density at radius 1 is 1.00 bits per heavy atom. The van der Waals surface area contributed by atoms with Crippen molar-refractivity contribution in [3.63, 3.8) is 0 Å². The predicted molar refractivity (Wildman–Crippen MR) is 45.9 cm³/mol. The zero-order valence-electron chi connectivity index (χ0n) is 7.72. The molecule has 0 aromatic rings. The number of hydrogen-bond acceptors (Lipinski definition) is 4. The standard InChI is InChI=1S/C8H18NO4/c10-4-1-9(2-5-11,3-6-12)8-7-13-8/h8,10-12H,1-7H2/q+1. The van der Waals surface area contributed by atoms with Gasteiger partial charge in [0.05, 0.1) is 19.8 Å². The van der Waals surface area contributed by atoms with Crippen LogP contribution in [0.5, 0.6) is 0 Å². The summed E-state index contributed by atoms with van der Waals surface area (Å²) in [6.07, 6.45) is 0.0615. The second-order valence-electron chi connectivity index (χ2n) is 3.35. The molecule has 5 nitrogen and oxygen atoms in total. The average molecular weight is 192 g/mol. The molecule has 0 aliphatic carbocycles. The minimum Gasteiger partial charge on any atom is -0.391 e. The lowest BCUT2D eigenvalue weighted by atomic mass is 10.3. The lowest BCUT2D eigenvalue weighted by molar-refractivity contribution is -0.947. The van der Waals surface area contributed by atoms with E-state index in [4.69, 9.17) is 20.1 Å². The third-order valence-electron chi connectivity index (χ3n) is 2.56. The first-order chi connectivity index (χ1) is 6.29. The monoisotopic (exact) mass is 192 g/mol. The third-order valence-corrected chi connectivity index (χ3v) is 2.56. The van der Waals surface area contributed by atoms with Crippen molar-refractivity contribution in [2.75, 3.05) is 46.1 Å². The van der Waals surface area contributed by atoms with Crippen molar-refractivity contribution in [3.05, 3.63) is 0 Å². The van der Waals surface area contributed by atoms with Crippen molar-refractivity contribution >= 4 is 0 Å². The van der Waals surface area contributed by atoms with Crippen LogP contribution < -0.4 is 0 Å². The van der Waals surface area contributed by atoms with Gasteiger partial charge in [0.2, 0.25) is 6.23 Å². The summed E-state index contributed by atoms with van der Waals surface area (Å²) >= 11 is 0. The molecule has 0 amide bonds. The molecule has 78 valence electrons. The summed E-state index contributed by atoms with van der Waals surface area (Å²) in [6.45, 7) is 2.43. The topological polar surface area (TPSA) is 73.2 Å². The molecule has 1 unspecified atom stereocenters. The van der Waals surface area contributed by atoms with E-state index in [0.717, 1.165) is 0 Å². The van der Waals surface area contributed by atoms with E-state index in [1.54, 1.807) is 0 Å². The highest BCUT2D eigenvalue weighted by molar-refractivity contribution is 4.61. The van der Waals surface area contributed by atoms with Crippen LogP contribution in [0.1, 0.15) is 0 Å². The first kappa shape index (κ1) is 10.9. The smallest absolute Gasteiger partial charge is 0.217 e. The zero-order valence-corrected chi connectivity index (χ0v) is 7.72. The minimum atomic E-state index is 0.0554. The molecular weight excluding hydrogens is 174 g/mol. The number of aliphatic hydroxyl groups excluding tert-OH is 3. The van der Waals surface area contributed by atoms with Crippen LogP contribution in [0.2, 0.25) is 0 Å². The number of epoxide rings is 1. The normalized spacial score (nSPS) is 21.9. The molecule has 1 aliphatic rings. The van der Waals surface area contributed by atoms with Gasteiger partial charge in [-0.3, -0.25) is 4.48 Å². The fraction of sp³-hybridized carbons (Fsp3) is 1.00. The highest BCUT2D eigenvalue weighted by Crippen LogP contribution is 2.24. The molecule has 3 N–H and O–H groups in total. The fourth-order valence-corrected chi connectivity index (χ4v) is 1.72. The molecule has 1 atom stereocenters. The van der Waals surface area contributed by atoms with E-state index < -0.39 is 0 Å². The number of nitrogens with zero attached hydrogens (tertiary/aromatic N) is 1. The van der Waals surface area contributed by atoms with E-state index in [-0.39, 0.29) is 26.0 Å². The average Bonchev–Trinajstić information content (AvgIpc) is 2.87. The van der Waals surface area contributed by atoms with Crippen molar-refractivity contribution in [2.45, 2.75) is 6.23 Å². The van der Waals surface area contributed by atoms with Crippen LogP contribution in [0.3, 0.4) is 0 Å². The van der Waals surface area contributed by atoms with E-state index in [1.165, 1.54) is 0 Å². The van der Waals surface area contributed by atoms with Gasteiger partial charge in [0, 0.05) is 0 Å². The second kappa shape index (κ2) is 4.88. The molecule has 0 radical (unpaired) electrons.